The van der Waals surface area contributed by atoms with Crippen molar-refractivity contribution in [1.29, 1.82) is 0 Å². The lowest BCUT2D eigenvalue weighted by molar-refractivity contribution is -0.0976. The number of aromatic carboxylic acids is 1. The molecule has 2 heterocycles. The highest BCUT2D eigenvalue weighted by Gasteiger charge is 2.31. The number of morpholine rings is 1. The second-order valence-electron chi connectivity index (χ2n) is 5.26. The molecule has 0 aliphatic carbocycles. The lowest BCUT2D eigenvalue weighted by Gasteiger charge is -2.40. The first-order valence-corrected chi connectivity index (χ1v) is 6.10. The average Bonchev–Trinajstić information content (AvgIpc) is 2.76. The van der Waals surface area contributed by atoms with E-state index in [2.05, 4.69) is 18.7 Å². The topological polar surface area (TPSA) is 62.9 Å². The Morgan fingerprint density at radius 1 is 1.50 bits per heavy atom. The molecule has 1 N–H and O–H groups in total. The van der Waals surface area contributed by atoms with E-state index in [1.165, 1.54) is 6.07 Å². The summed E-state index contributed by atoms with van der Waals surface area (Å²) < 4.78 is 11.0. The summed E-state index contributed by atoms with van der Waals surface area (Å²) >= 11 is 0. The molecule has 0 saturated carbocycles. The normalized spacial score (nSPS) is 21.7. The molecule has 0 aromatic carbocycles. The molecule has 1 aliphatic heterocycles. The number of carboxylic acid groups (broad SMARTS) is 1. The first-order valence-electron chi connectivity index (χ1n) is 6.10. The van der Waals surface area contributed by atoms with E-state index in [0.29, 0.717) is 12.4 Å². The van der Waals surface area contributed by atoms with Crippen LogP contribution in [0.1, 0.15) is 43.1 Å². The molecule has 1 unspecified atom stereocenters. The van der Waals surface area contributed by atoms with Gasteiger partial charge in [0.15, 0.2) is 0 Å². The van der Waals surface area contributed by atoms with E-state index in [-0.39, 0.29) is 17.4 Å². The Morgan fingerprint density at radius 3 is 2.78 bits per heavy atom. The smallest absolute Gasteiger partial charge is 0.371 e. The van der Waals surface area contributed by atoms with E-state index in [1.54, 1.807) is 6.07 Å². The number of carbonyl (C=O) groups is 1. The van der Waals surface area contributed by atoms with Gasteiger partial charge in [0.1, 0.15) is 5.76 Å². The van der Waals surface area contributed by atoms with Crippen LogP contribution in [0.4, 0.5) is 0 Å². The standard InChI is InChI=1S/C13H19NO4/c1-9(10-4-5-11(18-10)12(15)16)14-6-7-17-13(2,3)8-14/h4-5,9H,6-8H2,1-3H3,(H,15,16). The van der Waals surface area contributed by atoms with Gasteiger partial charge in [0, 0.05) is 13.1 Å². The Bertz CT molecular complexity index is 438. The Kier molecular flexibility index (Phi) is 3.45. The third-order valence-corrected chi connectivity index (χ3v) is 3.25. The molecule has 100 valence electrons. The predicted octanol–water partition coefficient (Wildman–Crippen LogP) is 2.15. The summed E-state index contributed by atoms with van der Waals surface area (Å²) in [6, 6.07) is 3.29. The van der Waals surface area contributed by atoms with Crippen LogP contribution in [0.2, 0.25) is 0 Å². The van der Waals surface area contributed by atoms with Crippen LogP contribution < -0.4 is 0 Å². The maximum atomic E-state index is 10.8. The van der Waals surface area contributed by atoms with Crippen molar-refractivity contribution in [3.8, 4) is 0 Å². The van der Waals surface area contributed by atoms with Crippen LogP contribution in [-0.2, 0) is 4.74 Å². The molecule has 1 atom stereocenters. The minimum absolute atomic E-state index is 0.00984. The largest absolute Gasteiger partial charge is 0.475 e. The summed E-state index contributed by atoms with van der Waals surface area (Å²) in [7, 11) is 0. The molecule has 1 aliphatic rings. The molecule has 0 radical (unpaired) electrons. The summed E-state index contributed by atoms with van der Waals surface area (Å²) in [5.41, 5.74) is -0.172. The Labute approximate surface area is 106 Å². The van der Waals surface area contributed by atoms with E-state index in [9.17, 15) is 4.79 Å². The number of carboxylic acids is 1. The zero-order chi connectivity index (χ0) is 13.3. The second kappa shape index (κ2) is 4.74. The van der Waals surface area contributed by atoms with Crippen LogP contribution in [0.15, 0.2) is 16.5 Å². The van der Waals surface area contributed by atoms with Gasteiger partial charge in [-0.15, -0.1) is 0 Å². The van der Waals surface area contributed by atoms with Gasteiger partial charge >= 0.3 is 5.97 Å². The Hall–Kier alpha value is -1.33. The van der Waals surface area contributed by atoms with Crippen LogP contribution in [-0.4, -0.2) is 41.3 Å². The lowest BCUT2D eigenvalue weighted by atomic mass is 10.1. The van der Waals surface area contributed by atoms with Crippen molar-refractivity contribution in [2.24, 2.45) is 0 Å². The molecule has 1 saturated heterocycles. The lowest BCUT2D eigenvalue weighted by Crippen LogP contribution is -2.48. The highest BCUT2D eigenvalue weighted by Crippen LogP contribution is 2.27. The zero-order valence-electron chi connectivity index (χ0n) is 11.0. The number of hydrogen-bond donors (Lipinski definition) is 1. The van der Waals surface area contributed by atoms with Gasteiger partial charge in [0.25, 0.3) is 0 Å². The van der Waals surface area contributed by atoms with E-state index >= 15 is 0 Å². The van der Waals surface area contributed by atoms with Crippen molar-refractivity contribution >= 4 is 5.97 Å². The Balaban J connectivity index is 2.10. The maximum Gasteiger partial charge on any atom is 0.371 e. The quantitative estimate of drug-likeness (QED) is 0.894. The third kappa shape index (κ3) is 2.73. The summed E-state index contributed by atoms with van der Waals surface area (Å²) in [4.78, 5) is 13.0. The molecule has 0 bridgehead atoms. The fraction of sp³-hybridized carbons (Fsp3) is 0.615. The van der Waals surface area contributed by atoms with Gasteiger partial charge < -0.3 is 14.3 Å². The minimum atomic E-state index is -1.03. The molecular weight excluding hydrogens is 234 g/mol. The molecule has 1 aromatic heterocycles. The van der Waals surface area contributed by atoms with Gasteiger partial charge in [-0.05, 0) is 32.9 Å². The van der Waals surface area contributed by atoms with Crippen molar-refractivity contribution in [3.05, 3.63) is 23.7 Å². The SMILES string of the molecule is CC(c1ccc(C(=O)O)o1)N1CCOC(C)(C)C1. The molecule has 0 spiro atoms. The third-order valence-electron chi connectivity index (χ3n) is 3.25. The fourth-order valence-corrected chi connectivity index (χ4v) is 2.26. The molecule has 2 rings (SSSR count). The molecule has 1 fully saturated rings. The van der Waals surface area contributed by atoms with Crippen LogP contribution >= 0.6 is 0 Å². The molecule has 1 aromatic rings. The van der Waals surface area contributed by atoms with Gasteiger partial charge in [0.05, 0.1) is 18.2 Å². The number of furan rings is 1. The van der Waals surface area contributed by atoms with Crippen molar-refractivity contribution < 1.29 is 19.1 Å². The molecule has 5 nitrogen and oxygen atoms in total. The molecule has 0 amide bonds. The number of rotatable bonds is 3. The van der Waals surface area contributed by atoms with Gasteiger partial charge in [-0.1, -0.05) is 0 Å². The second-order valence-corrected chi connectivity index (χ2v) is 5.26. The summed E-state index contributed by atoms with van der Waals surface area (Å²) in [6.45, 7) is 8.44. The summed E-state index contributed by atoms with van der Waals surface area (Å²) in [6.07, 6.45) is 0. The van der Waals surface area contributed by atoms with Gasteiger partial charge in [-0.2, -0.15) is 0 Å². The number of nitrogens with zero attached hydrogens (tertiary/aromatic N) is 1. The number of ether oxygens (including phenoxy) is 1. The van der Waals surface area contributed by atoms with Gasteiger partial charge in [-0.3, -0.25) is 4.90 Å². The Morgan fingerprint density at radius 2 is 2.22 bits per heavy atom. The van der Waals surface area contributed by atoms with Crippen molar-refractivity contribution in [2.45, 2.75) is 32.4 Å². The van der Waals surface area contributed by atoms with E-state index < -0.39 is 5.97 Å². The maximum absolute atomic E-state index is 10.8. The minimum Gasteiger partial charge on any atom is -0.475 e. The summed E-state index contributed by atoms with van der Waals surface area (Å²) in [5.74, 6) is -0.356. The molecule has 5 heteroatoms. The van der Waals surface area contributed by atoms with Crippen LogP contribution in [0.5, 0.6) is 0 Å². The van der Waals surface area contributed by atoms with E-state index in [1.807, 2.05) is 6.92 Å². The predicted molar refractivity (Wildman–Crippen MR) is 65.7 cm³/mol. The zero-order valence-corrected chi connectivity index (χ0v) is 11.0. The first-order chi connectivity index (χ1) is 8.39. The van der Waals surface area contributed by atoms with Crippen LogP contribution in [0.25, 0.3) is 0 Å². The number of hydrogen-bond acceptors (Lipinski definition) is 4. The van der Waals surface area contributed by atoms with E-state index in [0.717, 1.165) is 13.1 Å². The van der Waals surface area contributed by atoms with Crippen molar-refractivity contribution in [3.63, 3.8) is 0 Å². The van der Waals surface area contributed by atoms with Crippen LogP contribution in [0, 0.1) is 0 Å². The van der Waals surface area contributed by atoms with E-state index in [4.69, 9.17) is 14.3 Å². The van der Waals surface area contributed by atoms with Gasteiger partial charge in [-0.25, -0.2) is 4.79 Å². The average molecular weight is 253 g/mol. The highest BCUT2D eigenvalue weighted by molar-refractivity contribution is 5.84. The first kappa shape index (κ1) is 13.1. The van der Waals surface area contributed by atoms with Crippen LogP contribution in [0.3, 0.4) is 0 Å². The highest BCUT2D eigenvalue weighted by atomic mass is 16.5. The summed E-state index contributed by atoms with van der Waals surface area (Å²) in [5, 5.41) is 8.85. The molecular formula is C13H19NO4. The van der Waals surface area contributed by atoms with Gasteiger partial charge in [0.2, 0.25) is 5.76 Å². The monoisotopic (exact) mass is 253 g/mol. The fourth-order valence-electron chi connectivity index (χ4n) is 2.26. The molecule has 18 heavy (non-hydrogen) atoms. The van der Waals surface area contributed by atoms with Crippen molar-refractivity contribution in [1.82, 2.24) is 4.90 Å². The van der Waals surface area contributed by atoms with Crippen molar-refractivity contribution in [2.75, 3.05) is 19.7 Å².